The summed E-state index contributed by atoms with van der Waals surface area (Å²) in [5.74, 6) is 0.540. The van der Waals surface area contributed by atoms with Gasteiger partial charge in [-0.2, -0.15) is 11.3 Å². The number of amides is 1. The quantitative estimate of drug-likeness (QED) is 0.855. The Hall–Kier alpha value is -1.65. The van der Waals surface area contributed by atoms with Crippen LogP contribution >= 0.6 is 11.3 Å². The van der Waals surface area contributed by atoms with Crippen LogP contribution in [0.3, 0.4) is 0 Å². The third kappa shape index (κ3) is 4.66. The maximum Gasteiger partial charge on any atom is 0.220 e. The summed E-state index contributed by atoms with van der Waals surface area (Å²) in [6.07, 6.45) is 2.56. The van der Waals surface area contributed by atoms with Crippen LogP contribution in [-0.2, 0) is 24.2 Å². The Morgan fingerprint density at radius 2 is 2.17 bits per heavy atom. The van der Waals surface area contributed by atoms with Crippen molar-refractivity contribution in [2.45, 2.75) is 38.8 Å². The van der Waals surface area contributed by atoms with Crippen molar-refractivity contribution < 1.29 is 4.79 Å². The molecule has 0 saturated carbocycles. The third-order valence-corrected chi connectivity index (χ3v) is 5.14. The molecule has 1 aliphatic rings. The smallest absolute Gasteiger partial charge is 0.220 e. The first-order chi connectivity index (χ1) is 11.2. The number of carbonyl (C=O) groups excluding carboxylic acids is 1. The summed E-state index contributed by atoms with van der Waals surface area (Å²) < 4.78 is 0. The first kappa shape index (κ1) is 16.2. The van der Waals surface area contributed by atoms with Crippen molar-refractivity contribution in [2.24, 2.45) is 5.92 Å². The van der Waals surface area contributed by atoms with E-state index in [0.29, 0.717) is 24.9 Å². The highest BCUT2D eigenvalue weighted by Crippen LogP contribution is 2.16. The van der Waals surface area contributed by atoms with Gasteiger partial charge in [-0.15, -0.1) is 0 Å². The number of rotatable bonds is 6. The number of hydrogen-bond donors (Lipinski definition) is 2. The van der Waals surface area contributed by atoms with Gasteiger partial charge in [0, 0.05) is 25.6 Å². The Bertz CT molecular complexity index is 639. The molecule has 122 valence electrons. The third-order valence-electron chi connectivity index (χ3n) is 4.41. The zero-order valence-corrected chi connectivity index (χ0v) is 14.4. The van der Waals surface area contributed by atoms with Gasteiger partial charge in [-0.1, -0.05) is 31.2 Å². The largest absolute Gasteiger partial charge is 0.355 e. The standard InChI is InChI=1S/C19H24N2OS/c1-14(8-15-6-7-23-13-15)9-19(22)21-12-18-10-16-4-2-3-5-17(16)11-20-18/h2-7,13-14,18,20H,8-12H2,1H3,(H,21,22)/t14-,18?/m1/s1. The number of hydrogen-bond acceptors (Lipinski definition) is 3. The summed E-state index contributed by atoms with van der Waals surface area (Å²) in [6, 6.07) is 11.0. The highest BCUT2D eigenvalue weighted by molar-refractivity contribution is 7.07. The van der Waals surface area contributed by atoms with Crippen molar-refractivity contribution in [3.05, 3.63) is 57.8 Å². The Morgan fingerprint density at radius 3 is 2.96 bits per heavy atom. The van der Waals surface area contributed by atoms with Crippen LogP contribution in [0.25, 0.3) is 0 Å². The van der Waals surface area contributed by atoms with Gasteiger partial charge in [-0.05, 0) is 52.3 Å². The van der Waals surface area contributed by atoms with Gasteiger partial charge in [-0.3, -0.25) is 4.79 Å². The molecule has 0 fully saturated rings. The van der Waals surface area contributed by atoms with Crippen LogP contribution in [0.1, 0.15) is 30.0 Å². The Kier molecular flexibility index (Phi) is 5.47. The van der Waals surface area contributed by atoms with E-state index in [-0.39, 0.29) is 5.91 Å². The SMILES string of the molecule is C[C@@H](CC(=O)NCC1Cc2ccccc2CN1)Cc1ccsc1. The van der Waals surface area contributed by atoms with Crippen molar-refractivity contribution in [3.63, 3.8) is 0 Å². The second kappa shape index (κ2) is 7.75. The van der Waals surface area contributed by atoms with Gasteiger partial charge in [0.15, 0.2) is 0 Å². The van der Waals surface area contributed by atoms with Gasteiger partial charge in [-0.25, -0.2) is 0 Å². The predicted molar refractivity (Wildman–Crippen MR) is 95.6 cm³/mol. The van der Waals surface area contributed by atoms with E-state index < -0.39 is 0 Å². The van der Waals surface area contributed by atoms with Crippen molar-refractivity contribution in [3.8, 4) is 0 Å². The lowest BCUT2D eigenvalue weighted by molar-refractivity contribution is -0.122. The monoisotopic (exact) mass is 328 g/mol. The molecule has 1 amide bonds. The molecule has 2 atom stereocenters. The fourth-order valence-electron chi connectivity index (χ4n) is 3.17. The molecule has 4 heteroatoms. The van der Waals surface area contributed by atoms with Crippen molar-refractivity contribution in [1.82, 2.24) is 10.6 Å². The summed E-state index contributed by atoms with van der Waals surface area (Å²) in [7, 11) is 0. The normalized spacial score (nSPS) is 18.2. The lowest BCUT2D eigenvalue weighted by Gasteiger charge is -2.26. The molecule has 0 saturated heterocycles. The number of carbonyl (C=O) groups is 1. The van der Waals surface area contributed by atoms with Gasteiger partial charge < -0.3 is 10.6 Å². The Labute approximate surface area is 142 Å². The molecular formula is C19H24N2OS. The zero-order chi connectivity index (χ0) is 16.1. The summed E-state index contributed by atoms with van der Waals surface area (Å²) >= 11 is 1.72. The van der Waals surface area contributed by atoms with Crippen LogP contribution in [0, 0.1) is 5.92 Å². The maximum absolute atomic E-state index is 12.1. The van der Waals surface area contributed by atoms with E-state index in [2.05, 4.69) is 58.6 Å². The van der Waals surface area contributed by atoms with E-state index in [1.54, 1.807) is 11.3 Å². The molecule has 0 radical (unpaired) electrons. The summed E-state index contributed by atoms with van der Waals surface area (Å²) in [4.78, 5) is 12.1. The van der Waals surface area contributed by atoms with Crippen LogP contribution in [0.15, 0.2) is 41.1 Å². The molecule has 1 unspecified atom stereocenters. The van der Waals surface area contributed by atoms with E-state index in [1.165, 1.54) is 16.7 Å². The van der Waals surface area contributed by atoms with E-state index in [0.717, 1.165) is 19.4 Å². The first-order valence-electron chi connectivity index (χ1n) is 8.28. The Morgan fingerprint density at radius 1 is 1.35 bits per heavy atom. The van der Waals surface area contributed by atoms with Gasteiger partial charge >= 0.3 is 0 Å². The molecule has 1 aromatic carbocycles. The van der Waals surface area contributed by atoms with Crippen LogP contribution in [-0.4, -0.2) is 18.5 Å². The molecule has 1 aliphatic heterocycles. The number of benzene rings is 1. The molecule has 3 rings (SSSR count). The van der Waals surface area contributed by atoms with Crippen LogP contribution in [0.4, 0.5) is 0 Å². The molecule has 2 heterocycles. The number of fused-ring (bicyclic) bond motifs is 1. The molecule has 2 N–H and O–H groups in total. The van der Waals surface area contributed by atoms with E-state index in [1.807, 2.05) is 0 Å². The molecule has 0 bridgehead atoms. The molecular weight excluding hydrogens is 304 g/mol. The van der Waals surface area contributed by atoms with Crippen LogP contribution < -0.4 is 10.6 Å². The second-order valence-electron chi connectivity index (χ2n) is 6.50. The maximum atomic E-state index is 12.1. The van der Waals surface area contributed by atoms with Crippen LogP contribution in [0.2, 0.25) is 0 Å². The van der Waals surface area contributed by atoms with Gasteiger partial charge in [0.25, 0.3) is 0 Å². The molecule has 2 aromatic rings. The van der Waals surface area contributed by atoms with Gasteiger partial charge in [0.2, 0.25) is 5.91 Å². The second-order valence-corrected chi connectivity index (χ2v) is 7.28. The fraction of sp³-hybridized carbons (Fsp3) is 0.421. The fourth-order valence-corrected chi connectivity index (χ4v) is 3.86. The highest BCUT2D eigenvalue weighted by Gasteiger charge is 2.18. The van der Waals surface area contributed by atoms with E-state index in [4.69, 9.17) is 0 Å². The molecule has 3 nitrogen and oxygen atoms in total. The Balaban J connectivity index is 1.41. The van der Waals surface area contributed by atoms with E-state index in [9.17, 15) is 4.79 Å². The van der Waals surface area contributed by atoms with Gasteiger partial charge in [0.1, 0.15) is 0 Å². The predicted octanol–water partition coefficient (Wildman–Crippen LogP) is 3.15. The van der Waals surface area contributed by atoms with Crippen molar-refractivity contribution in [1.29, 1.82) is 0 Å². The average Bonchev–Trinajstić information content (AvgIpc) is 3.05. The van der Waals surface area contributed by atoms with Crippen LogP contribution in [0.5, 0.6) is 0 Å². The average molecular weight is 328 g/mol. The molecule has 23 heavy (non-hydrogen) atoms. The van der Waals surface area contributed by atoms with E-state index >= 15 is 0 Å². The van der Waals surface area contributed by atoms with Gasteiger partial charge in [0.05, 0.1) is 0 Å². The summed E-state index contributed by atoms with van der Waals surface area (Å²) in [6.45, 7) is 3.75. The molecule has 0 spiro atoms. The zero-order valence-electron chi connectivity index (χ0n) is 13.5. The lowest BCUT2D eigenvalue weighted by Crippen LogP contribution is -2.44. The van der Waals surface area contributed by atoms with Crippen molar-refractivity contribution in [2.75, 3.05) is 6.54 Å². The topological polar surface area (TPSA) is 41.1 Å². The minimum Gasteiger partial charge on any atom is -0.355 e. The summed E-state index contributed by atoms with van der Waals surface area (Å²) in [5.41, 5.74) is 4.11. The summed E-state index contributed by atoms with van der Waals surface area (Å²) in [5, 5.41) is 10.9. The minimum absolute atomic E-state index is 0.161. The van der Waals surface area contributed by atoms with Crippen molar-refractivity contribution >= 4 is 17.2 Å². The minimum atomic E-state index is 0.161. The number of nitrogens with one attached hydrogen (secondary N) is 2. The first-order valence-corrected chi connectivity index (χ1v) is 9.23. The molecule has 0 aliphatic carbocycles. The molecule has 1 aromatic heterocycles. The lowest BCUT2D eigenvalue weighted by atomic mass is 9.95. The highest BCUT2D eigenvalue weighted by atomic mass is 32.1. The number of thiophene rings is 1.